The number of rotatable bonds is 5. The average Bonchev–Trinajstić information content (AvgIpc) is 3.33. The lowest BCUT2D eigenvalue weighted by Gasteiger charge is -2.09. The van der Waals surface area contributed by atoms with Crippen LogP contribution in [0.5, 0.6) is 0 Å². The van der Waals surface area contributed by atoms with Crippen LogP contribution in [0.1, 0.15) is 35.1 Å². The quantitative estimate of drug-likeness (QED) is 0.343. The van der Waals surface area contributed by atoms with Crippen LogP contribution >= 0.6 is 0 Å². The van der Waals surface area contributed by atoms with Crippen LogP contribution in [0, 0.1) is 25.2 Å². The van der Waals surface area contributed by atoms with E-state index in [-0.39, 0.29) is 0 Å². The van der Waals surface area contributed by atoms with Crippen molar-refractivity contribution in [3.8, 4) is 17.4 Å². The Kier molecular flexibility index (Phi) is 4.99. The fraction of sp³-hybridized carbons (Fsp3) is 0.222. The molecule has 0 saturated heterocycles. The number of aryl methyl sites for hydroxylation is 3. The van der Waals surface area contributed by atoms with E-state index in [4.69, 9.17) is 14.4 Å². The lowest BCUT2D eigenvalue weighted by Crippen LogP contribution is -2.05. The molecule has 0 spiro atoms. The number of hydrogen-bond acceptors (Lipinski definition) is 4. The molecule has 0 fully saturated rings. The zero-order chi connectivity index (χ0) is 22.2. The van der Waals surface area contributed by atoms with Gasteiger partial charge in [0.2, 0.25) is 0 Å². The Morgan fingerprint density at radius 1 is 1.03 bits per heavy atom. The first-order valence-electron chi connectivity index (χ1n) is 10.9. The van der Waals surface area contributed by atoms with E-state index in [0.717, 1.165) is 62.5 Å². The van der Waals surface area contributed by atoms with E-state index >= 15 is 0 Å². The molecule has 3 heterocycles. The van der Waals surface area contributed by atoms with Gasteiger partial charge in [0.1, 0.15) is 22.7 Å². The Balaban J connectivity index is 1.53. The lowest BCUT2D eigenvalue weighted by atomic mass is 10.0. The molecule has 5 nitrogen and oxygen atoms in total. The van der Waals surface area contributed by atoms with Gasteiger partial charge in [-0.3, -0.25) is 0 Å². The van der Waals surface area contributed by atoms with Crippen LogP contribution in [0.25, 0.3) is 33.5 Å². The van der Waals surface area contributed by atoms with Crippen LogP contribution in [0.15, 0.2) is 59.0 Å². The van der Waals surface area contributed by atoms with Crippen molar-refractivity contribution in [3.05, 3.63) is 82.8 Å². The second kappa shape index (κ2) is 7.97. The summed E-state index contributed by atoms with van der Waals surface area (Å²) in [5.74, 6) is 1.81. The minimum atomic E-state index is 0.319. The molecule has 0 aliphatic rings. The number of hydrogen-bond donors (Lipinski definition) is 0. The highest BCUT2D eigenvalue weighted by molar-refractivity contribution is 5.88. The maximum absolute atomic E-state index is 9.33. The van der Waals surface area contributed by atoms with Crippen molar-refractivity contribution >= 4 is 22.1 Å². The van der Waals surface area contributed by atoms with E-state index in [1.807, 2.05) is 31.2 Å². The lowest BCUT2D eigenvalue weighted by molar-refractivity contribution is 0.628. The monoisotopic (exact) mass is 420 g/mol. The molecule has 5 heteroatoms. The second-order valence-corrected chi connectivity index (χ2v) is 8.16. The number of imidazole rings is 1. The van der Waals surface area contributed by atoms with Gasteiger partial charge in [-0.1, -0.05) is 49.4 Å². The number of pyridine rings is 1. The minimum Gasteiger partial charge on any atom is -0.456 e. The molecule has 0 aliphatic heterocycles. The van der Waals surface area contributed by atoms with Crippen molar-refractivity contribution in [2.75, 3.05) is 0 Å². The van der Waals surface area contributed by atoms with Crippen LogP contribution in [0.2, 0.25) is 0 Å². The minimum absolute atomic E-state index is 0.319. The Labute approximate surface area is 187 Å². The Bertz CT molecular complexity index is 1480. The second-order valence-electron chi connectivity index (χ2n) is 8.16. The molecule has 0 N–H and O–H groups in total. The fourth-order valence-electron chi connectivity index (χ4n) is 4.42. The SMILES string of the molecule is CCc1nc2c(C)cc(C)nc2n1Cc1ccc(-c2oc3ccccc3c2CC#N)cc1. The normalized spacial score (nSPS) is 11.3. The summed E-state index contributed by atoms with van der Waals surface area (Å²) in [7, 11) is 0. The first-order valence-corrected chi connectivity index (χ1v) is 10.9. The molecule has 0 saturated carbocycles. The van der Waals surface area contributed by atoms with Gasteiger partial charge in [0.15, 0.2) is 5.65 Å². The van der Waals surface area contributed by atoms with Gasteiger partial charge in [-0.25, -0.2) is 9.97 Å². The first kappa shape index (κ1) is 20.0. The molecule has 0 atom stereocenters. The van der Waals surface area contributed by atoms with Crippen LogP contribution < -0.4 is 0 Å². The molecular formula is C27H24N4O. The van der Waals surface area contributed by atoms with E-state index in [1.165, 1.54) is 5.56 Å². The molecule has 0 unspecified atom stereocenters. The molecule has 32 heavy (non-hydrogen) atoms. The smallest absolute Gasteiger partial charge is 0.160 e. The number of nitrogens with zero attached hydrogens (tertiary/aromatic N) is 4. The summed E-state index contributed by atoms with van der Waals surface area (Å²) in [6, 6.07) is 20.6. The topological polar surface area (TPSA) is 67.6 Å². The molecule has 2 aromatic carbocycles. The van der Waals surface area contributed by atoms with E-state index in [0.29, 0.717) is 13.0 Å². The number of aromatic nitrogens is 3. The Hall–Kier alpha value is -3.91. The van der Waals surface area contributed by atoms with Crippen LogP contribution in [-0.2, 0) is 19.4 Å². The molecule has 0 aliphatic carbocycles. The van der Waals surface area contributed by atoms with Gasteiger partial charge < -0.3 is 8.98 Å². The standard InChI is InChI=1S/C27H24N4O/c1-4-24-30-25-17(2)15-18(3)29-27(25)31(24)16-19-9-11-20(12-10-19)26-22(13-14-28)21-7-5-6-8-23(21)32-26/h5-12,15H,4,13,16H2,1-3H3. The van der Waals surface area contributed by atoms with Crippen molar-refractivity contribution in [3.63, 3.8) is 0 Å². The van der Waals surface area contributed by atoms with E-state index in [2.05, 4.69) is 54.8 Å². The summed E-state index contributed by atoms with van der Waals surface area (Å²) >= 11 is 0. The maximum atomic E-state index is 9.33. The first-order chi connectivity index (χ1) is 15.6. The summed E-state index contributed by atoms with van der Waals surface area (Å²) in [6.45, 7) is 6.95. The molecule has 5 rings (SSSR count). The van der Waals surface area contributed by atoms with Gasteiger partial charge in [0.05, 0.1) is 19.0 Å². The van der Waals surface area contributed by atoms with Crippen molar-refractivity contribution in [2.45, 2.75) is 40.2 Å². The third-order valence-electron chi connectivity index (χ3n) is 5.93. The summed E-state index contributed by atoms with van der Waals surface area (Å²) in [6.07, 6.45) is 1.17. The van der Waals surface area contributed by atoms with Gasteiger partial charge in [0, 0.05) is 28.6 Å². The largest absolute Gasteiger partial charge is 0.456 e. The molecule has 3 aromatic heterocycles. The van der Waals surface area contributed by atoms with Gasteiger partial charge >= 0.3 is 0 Å². The summed E-state index contributed by atoms with van der Waals surface area (Å²) in [5.41, 5.74) is 7.98. The number of fused-ring (bicyclic) bond motifs is 2. The van der Waals surface area contributed by atoms with E-state index in [1.54, 1.807) is 0 Å². The predicted molar refractivity (Wildman–Crippen MR) is 126 cm³/mol. The fourth-order valence-corrected chi connectivity index (χ4v) is 4.42. The van der Waals surface area contributed by atoms with Crippen molar-refractivity contribution in [1.29, 1.82) is 5.26 Å². The number of benzene rings is 2. The van der Waals surface area contributed by atoms with Gasteiger partial charge in [0.25, 0.3) is 0 Å². The molecule has 0 bridgehead atoms. The van der Waals surface area contributed by atoms with Crippen molar-refractivity contribution in [2.24, 2.45) is 0 Å². The highest BCUT2D eigenvalue weighted by atomic mass is 16.3. The third-order valence-corrected chi connectivity index (χ3v) is 5.93. The molecular weight excluding hydrogens is 396 g/mol. The molecule has 158 valence electrons. The highest BCUT2D eigenvalue weighted by Gasteiger charge is 2.17. The zero-order valence-corrected chi connectivity index (χ0v) is 18.5. The predicted octanol–water partition coefficient (Wildman–Crippen LogP) is 6.14. The Morgan fingerprint density at radius 3 is 2.56 bits per heavy atom. The molecule has 0 amide bonds. The summed E-state index contributed by atoms with van der Waals surface area (Å²) in [5, 5.41) is 10.3. The van der Waals surface area contributed by atoms with Crippen LogP contribution in [-0.4, -0.2) is 14.5 Å². The highest BCUT2D eigenvalue weighted by Crippen LogP contribution is 2.34. The van der Waals surface area contributed by atoms with Gasteiger partial charge in [-0.15, -0.1) is 0 Å². The van der Waals surface area contributed by atoms with E-state index in [9.17, 15) is 5.26 Å². The number of nitriles is 1. The zero-order valence-electron chi connectivity index (χ0n) is 18.5. The third kappa shape index (κ3) is 3.34. The number of para-hydroxylation sites is 1. The maximum Gasteiger partial charge on any atom is 0.160 e. The molecule has 0 radical (unpaired) electrons. The number of furan rings is 1. The van der Waals surface area contributed by atoms with Crippen molar-refractivity contribution in [1.82, 2.24) is 14.5 Å². The van der Waals surface area contributed by atoms with Gasteiger partial charge in [-0.05, 0) is 37.1 Å². The Morgan fingerprint density at radius 2 is 1.81 bits per heavy atom. The summed E-state index contributed by atoms with van der Waals surface area (Å²) in [4.78, 5) is 9.62. The summed E-state index contributed by atoms with van der Waals surface area (Å²) < 4.78 is 8.34. The molecule has 5 aromatic rings. The van der Waals surface area contributed by atoms with Crippen molar-refractivity contribution < 1.29 is 4.42 Å². The average molecular weight is 421 g/mol. The van der Waals surface area contributed by atoms with Crippen LogP contribution in [0.4, 0.5) is 0 Å². The van der Waals surface area contributed by atoms with E-state index < -0.39 is 0 Å². The van der Waals surface area contributed by atoms with Crippen LogP contribution in [0.3, 0.4) is 0 Å². The van der Waals surface area contributed by atoms with Gasteiger partial charge in [-0.2, -0.15) is 5.26 Å².